The Morgan fingerprint density at radius 3 is 2.29 bits per heavy atom. The van der Waals surface area contributed by atoms with Crippen LogP contribution in [-0.2, 0) is 24.1 Å². The number of anilines is 2. The van der Waals surface area contributed by atoms with Crippen LogP contribution in [0.25, 0.3) is 11.0 Å². The molecule has 3 aromatic carbocycles. The highest BCUT2D eigenvalue weighted by molar-refractivity contribution is 7.92. The minimum atomic E-state index is -3.92. The van der Waals surface area contributed by atoms with Gasteiger partial charge in [-0.15, -0.1) is 0 Å². The molecule has 4 aromatic rings. The molecule has 0 saturated heterocycles. The summed E-state index contributed by atoms with van der Waals surface area (Å²) in [4.78, 5) is 25.1. The van der Waals surface area contributed by atoms with Crippen molar-refractivity contribution in [2.75, 3.05) is 10.0 Å². The number of hydrogen-bond acceptors (Lipinski definition) is 4. The van der Waals surface area contributed by atoms with Crippen molar-refractivity contribution in [1.82, 2.24) is 9.13 Å². The van der Waals surface area contributed by atoms with E-state index in [0.717, 1.165) is 16.6 Å². The van der Waals surface area contributed by atoms with Crippen LogP contribution in [-0.4, -0.2) is 23.5 Å². The first-order valence-electron chi connectivity index (χ1n) is 10.7. The van der Waals surface area contributed by atoms with E-state index in [1.807, 2.05) is 19.9 Å². The average molecular weight is 479 g/mol. The highest BCUT2D eigenvalue weighted by Crippen LogP contribution is 2.25. The van der Waals surface area contributed by atoms with Gasteiger partial charge in [0.25, 0.3) is 15.9 Å². The topological polar surface area (TPSA) is 102 Å². The van der Waals surface area contributed by atoms with Gasteiger partial charge in [-0.1, -0.05) is 18.2 Å². The molecule has 0 fully saturated rings. The number of rotatable bonds is 5. The maximum atomic E-state index is 13.2. The molecule has 1 amide bonds. The van der Waals surface area contributed by atoms with E-state index in [-0.39, 0.29) is 16.1 Å². The number of nitrogens with one attached hydrogen (secondary N) is 2. The predicted molar refractivity (Wildman–Crippen MR) is 134 cm³/mol. The van der Waals surface area contributed by atoms with Gasteiger partial charge in [0.15, 0.2) is 0 Å². The van der Waals surface area contributed by atoms with Gasteiger partial charge in [-0.3, -0.25) is 18.7 Å². The molecule has 176 valence electrons. The fraction of sp³-hybridized carbons (Fsp3) is 0.200. The molecule has 0 bridgehead atoms. The third-order valence-electron chi connectivity index (χ3n) is 6.12. The second-order valence-electron chi connectivity index (χ2n) is 8.39. The molecule has 0 aliphatic heterocycles. The minimum Gasteiger partial charge on any atom is -0.322 e. The van der Waals surface area contributed by atoms with Crippen LogP contribution in [0.3, 0.4) is 0 Å². The molecule has 0 spiro atoms. The maximum Gasteiger partial charge on any atom is 0.328 e. The number of aryl methyl sites for hydroxylation is 4. The summed E-state index contributed by atoms with van der Waals surface area (Å²) in [5.41, 5.74) is 4.78. The normalized spacial score (nSPS) is 11.6. The summed E-state index contributed by atoms with van der Waals surface area (Å²) in [6, 6.07) is 15.1. The van der Waals surface area contributed by atoms with Crippen LogP contribution < -0.4 is 15.7 Å². The van der Waals surface area contributed by atoms with Crippen LogP contribution in [0.5, 0.6) is 0 Å². The van der Waals surface area contributed by atoms with Gasteiger partial charge >= 0.3 is 5.69 Å². The molecular formula is C25H26N4O4S. The lowest BCUT2D eigenvalue weighted by Gasteiger charge is -2.14. The van der Waals surface area contributed by atoms with Gasteiger partial charge in [0, 0.05) is 25.3 Å². The van der Waals surface area contributed by atoms with E-state index in [4.69, 9.17) is 0 Å². The van der Waals surface area contributed by atoms with Gasteiger partial charge in [0.05, 0.1) is 21.6 Å². The Morgan fingerprint density at radius 1 is 0.853 bits per heavy atom. The van der Waals surface area contributed by atoms with Crippen molar-refractivity contribution in [2.45, 2.75) is 25.7 Å². The van der Waals surface area contributed by atoms with Crippen LogP contribution >= 0.6 is 0 Å². The van der Waals surface area contributed by atoms with Gasteiger partial charge in [-0.2, -0.15) is 0 Å². The van der Waals surface area contributed by atoms with E-state index in [9.17, 15) is 18.0 Å². The van der Waals surface area contributed by atoms with Crippen molar-refractivity contribution in [1.29, 1.82) is 0 Å². The molecule has 0 aliphatic rings. The lowest BCUT2D eigenvalue weighted by molar-refractivity contribution is 0.102. The Morgan fingerprint density at radius 2 is 1.56 bits per heavy atom. The lowest BCUT2D eigenvalue weighted by Crippen LogP contribution is -2.19. The molecule has 2 N–H and O–H groups in total. The summed E-state index contributed by atoms with van der Waals surface area (Å²) in [5, 5.41) is 2.79. The molecule has 9 heteroatoms. The van der Waals surface area contributed by atoms with Crippen molar-refractivity contribution >= 4 is 38.3 Å². The van der Waals surface area contributed by atoms with Crippen LogP contribution in [0, 0.1) is 20.8 Å². The molecular weight excluding hydrogens is 452 g/mol. The fourth-order valence-corrected chi connectivity index (χ4v) is 5.27. The third-order valence-corrected chi connectivity index (χ3v) is 7.63. The molecule has 0 radical (unpaired) electrons. The summed E-state index contributed by atoms with van der Waals surface area (Å²) in [7, 11) is -0.572. The van der Waals surface area contributed by atoms with Crippen molar-refractivity contribution < 1.29 is 13.2 Å². The monoisotopic (exact) mass is 478 g/mol. The van der Waals surface area contributed by atoms with Gasteiger partial charge < -0.3 is 5.32 Å². The standard InChI is InChI=1S/C25H26N4O4S/c1-15-7-6-8-20(17(15)3)27-34(32,33)23-13-18(10-9-16(23)2)24(30)26-19-11-12-21-22(14-19)29(5)25(31)28(21)4/h6-14,27H,1-5H3,(H,26,30). The number of amides is 1. The summed E-state index contributed by atoms with van der Waals surface area (Å²) < 4.78 is 32.0. The predicted octanol–water partition coefficient (Wildman–Crippen LogP) is 3.86. The summed E-state index contributed by atoms with van der Waals surface area (Å²) in [6.07, 6.45) is 0. The second-order valence-corrected chi connectivity index (χ2v) is 10.0. The van der Waals surface area contributed by atoms with Crippen molar-refractivity contribution in [3.05, 3.63) is 87.3 Å². The zero-order chi connectivity index (χ0) is 24.8. The van der Waals surface area contributed by atoms with Crippen molar-refractivity contribution in [3.63, 3.8) is 0 Å². The van der Waals surface area contributed by atoms with Gasteiger partial charge in [0.2, 0.25) is 0 Å². The first-order valence-corrected chi connectivity index (χ1v) is 12.1. The Labute approximate surface area is 197 Å². The SMILES string of the molecule is Cc1ccc(C(=O)Nc2ccc3c(c2)n(C)c(=O)n3C)cc1S(=O)(=O)Nc1cccc(C)c1C. The number of benzene rings is 3. The molecule has 0 saturated carbocycles. The smallest absolute Gasteiger partial charge is 0.322 e. The summed E-state index contributed by atoms with van der Waals surface area (Å²) >= 11 is 0. The number of imidazole rings is 1. The lowest BCUT2D eigenvalue weighted by atomic mass is 10.1. The highest BCUT2D eigenvalue weighted by Gasteiger charge is 2.21. The Hall–Kier alpha value is -3.85. The quantitative estimate of drug-likeness (QED) is 0.455. The number of aromatic nitrogens is 2. The molecule has 8 nitrogen and oxygen atoms in total. The second kappa shape index (κ2) is 8.49. The van der Waals surface area contributed by atoms with E-state index in [0.29, 0.717) is 22.5 Å². The number of carbonyl (C=O) groups excluding carboxylic acids is 1. The summed E-state index contributed by atoms with van der Waals surface area (Å²) in [5.74, 6) is -0.455. The van der Waals surface area contributed by atoms with E-state index in [1.165, 1.54) is 15.2 Å². The Bertz CT molecular complexity index is 1610. The number of fused-ring (bicyclic) bond motifs is 1. The van der Waals surface area contributed by atoms with E-state index in [2.05, 4.69) is 10.0 Å². The first-order chi connectivity index (χ1) is 16.0. The van der Waals surface area contributed by atoms with Gasteiger partial charge in [-0.05, 0) is 73.9 Å². The number of hydrogen-bond donors (Lipinski definition) is 2. The molecule has 1 aromatic heterocycles. The molecule has 0 aliphatic carbocycles. The van der Waals surface area contributed by atoms with E-state index in [1.54, 1.807) is 63.5 Å². The zero-order valence-corrected chi connectivity index (χ0v) is 20.4. The Balaban J connectivity index is 1.64. The molecule has 1 heterocycles. The Kier molecular flexibility index (Phi) is 5.82. The zero-order valence-electron chi connectivity index (χ0n) is 19.6. The van der Waals surface area contributed by atoms with E-state index < -0.39 is 15.9 Å². The highest BCUT2D eigenvalue weighted by atomic mass is 32.2. The van der Waals surface area contributed by atoms with Crippen molar-refractivity contribution in [2.24, 2.45) is 14.1 Å². The average Bonchev–Trinajstić information content (AvgIpc) is 3.00. The third kappa shape index (κ3) is 4.10. The van der Waals surface area contributed by atoms with Crippen molar-refractivity contribution in [3.8, 4) is 0 Å². The van der Waals surface area contributed by atoms with Gasteiger partial charge in [0.1, 0.15) is 0 Å². The van der Waals surface area contributed by atoms with Crippen LogP contribution in [0.1, 0.15) is 27.0 Å². The van der Waals surface area contributed by atoms with Crippen LogP contribution in [0.2, 0.25) is 0 Å². The first kappa shape index (κ1) is 23.3. The number of sulfonamides is 1. The number of nitrogens with zero attached hydrogens (tertiary/aromatic N) is 2. The molecule has 4 rings (SSSR count). The number of carbonyl (C=O) groups is 1. The minimum absolute atomic E-state index is 0.0296. The van der Waals surface area contributed by atoms with Crippen LogP contribution in [0.15, 0.2) is 64.3 Å². The van der Waals surface area contributed by atoms with E-state index >= 15 is 0 Å². The largest absolute Gasteiger partial charge is 0.328 e. The molecule has 0 atom stereocenters. The molecule has 0 unspecified atom stereocenters. The fourth-order valence-electron chi connectivity index (χ4n) is 3.88. The maximum absolute atomic E-state index is 13.2. The summed E-state index contributed by atoms with van der Waals surface area (Å²) in [6.45, 7) is 5.44. The van der Waals surface area contributed by atoms with Gasteiger partial charge in [-0.25, -0.2) is 13.2 Å². The molecule has 34 heavy (non-hydrogen) atoms. The van der Waals surface area contributed by atoms with Crippen LogP contribution in [0.4, 0.5) is 11.4 Å².